The fourth-order valence-electron chi connectivity index (χ4n) is 1.21. The van der Waals surface area contributed by atoms with Gasteiger partial charge in [-0.05, 0) is 27.7 Å². The molecule has 1 nitrogen and oxygen atoms in total. The number of rotatable bonds is 3. The van der Waals surface area contributed by atoms with Gasteiger partial charge in [-0.15, -0.1) is 0 Å². The fraction of sp³-hybridized carbons (Fsp3) is 0.800. The van der Waals surface area contributed by atoms with Crippen molar-refractivity contribution in [2.24, 2.45) is 0 Å². The van der Waals surface area contributed by atoms with E-state index in [9.17, 15) is 0 Å². The predicted molar refractivity (Wildman–Crippen MR) is 57.8 cm³/mol. The largest absolute Gasteiger partial charge is 0.308 e. The van der Waals surface area contributed by atoms with Crippen LogP contribution in [0.5, 0.6) is 0 Å². The van der Waals surface area contributed by atoms with Crippen LogP contribution in [-0.2, 0) is 0 Å². The van der Waals surface area contributed by atoms with Gasteiger partial charge in [-0.2, -0.15) is 11.8 Å². The quantitative estimate of drug-likeness (QED) is 0.678. The van der Waals surface area contributed by atoms with Crippen molar-refractivity contribution in [1.29, 1.82) is 0 Å². The highest BCUT2D eigenvalue weighted by Gasteiger charge is 2.38. The summed E-state index contributed by atoms with van der Waals surface area (Å²) in [4.78, 5) is 0. The van der Waals surface area contributed by atoms with Gasteiger partial charge in [0.2, 0.25) is 0 Å². The van der Waals surface area contributed by atoms with Crippen LogP contribution in [0.15, 0.2) is 11.6 Å². The SMILES string of the molecule is CC(C)=CCNC1CSC1(C)C. The molecule has 1 rings (SSSR count). The topological polar surface area (TPSA) is 12.0 Å². The molecule has 0 aromatic rings. The minimum Gasteiger partial charge on any atom is -0.308 e. The molecule has 0 saturated carbocycles. The molecule has 0 radical (unpaired) electrons. The summed E-state index contributed by atoms with van der Waals surface area (Å²) >= 11 is 2.05. The normalized spacial score (nSPS) is 26.2. The Morgan fingerprint density at radius 1 is 1.58 bits per heavy atom. The third-order valence-electron chi connectivity index (χ3n) is 2.34. The van der Waals surface area contributed by atoms with Gasteiger partial charge in [0.15, 0.2) is 0 Å². The molecule has 2 heteroatoms. The zero-order valence-corrected chi connectivity index (χ0v) is 9.29. The highest BCUT2D eigenvalue weighted by Crippen LogP contribution is 2.39. The van der Waals surface area contributed by atoms with Crippen LogP contribution >= 0.6 is 11.8 Å². The molecule has 1 saturated heterocycles. The molecule has 1 unspecified atom stereocenters. The number of nitrogens with one attached hydrogen (secondary N) is 1. The molecule has 70 valence electrons. The maximum atomic E-state index is 3.54. The van der Waals surface area contributed by atoms with Crippen LogP contribution in [0.4, 0.5) is 0 Å². The Morgan fingerprint density at radius 2 is 2.25 bits per heavy atom. The number of hydrogen-bond donors (Lipinski definition) is 1. The second-order valence-electron chi connectivity index (χ2n) is 4.16. The van der Waals surface area contributed by atoms with Gasteiger partial charge in [-0.25, -0.2) is 0 Å². The van der Waals surface area contributed by atoms with Gasteiger partial charge in [0.25, 0.3) is 0 Å². The maximum Gasteiger partial charge on any atom is 0.0303 e. The minimum absolute atomic E-state index is 0.454. The lowest BCUT2D eigenvalue weighted by atomic mass is 10.0. The molecule has 1 aliphatic rings. The van der Waals surface area contributed by atoms with E-state index in [2.05, 4.69) is 39.1 Å². The van der Waals surface area contributed by atoms with Gasteiger partial charge in [-0.3, -0.25) is 0 Å². The van der Waals surface area contributed by atoms with Crippen LogP contribution in [0.3, 0.4) is 0 Å². The van der Waals surface area contributed by atoms with Gasteiger partial charge in [0, 0.05) is 23.1 Å². The van der Waals surface area contributed by atoms with Crippen LogP contribution in [0, 0.1) is 0 Å². The summed E-state index contributed by atoms with van der Waals surface area (Å²) in [7, 11) is 0. The summed E-state index contributed by atoms with van der Waals surface area (Å²) in [5, 5.41) is 3.54. The van der Waals surface area contributed by atoms with Crippen molar-refractivity contribution in [3.05, 3.63) is 11.6 Å². The molecule has 0 aliphatic carbocycles. The van der Waals surface area contributed by atoms with Crippen LogP contribution in [0.2, 0.25) is 0 Å². The Bertz CT molecular complexity index is 180. The van der Waals surface area contributed by atoms with Gasteiger partial charge < -0.3 is 5.32 Å². The lowest BCUT2D eigenvalue weighted by Crippen LogP contribution is -2.54. The zero-order valence-electron chi connectivity index (χ0n) is 8.48. The summed E-state index contributed by atoms with van der Waals surface area (Å²) in [6.07, 6.45) is 2.25. The Morgan fingerprint density at radius 3 is 2.58 bits per heavy atom. The van der Waals surface area contributed by atoms with Crippen molar-refractivity contribution >= 4 is 11.8 Å². The molecule has 0 aromatic carbocycles. The second kappa shape index (κ2) is 3.84. The maximum absolute atomic E-state index is 3.54. The first-order valence-electron chi connectivity index (χ1n) is 4.53. The Balaban J connectivity index is 2.21. The lowest BCUT2D eigenvalue weighted by Gasteiger charge is -2.44. The summed E-state index contributed by atoms with van der Waals surface area (Å²) in [6.45, 7) is 9.92. The van der Waals surface area contributed by atoms with Crippen molar-refractivity contribution in [3.63, 3.8) is 0 Å². The third kappa shape index (κ3) is 2.53. The fourth-order valence-corrected chi connectivity index (χ4v) is 2.41. The average molecular weight is 185 g/mol. The average Bonchev–Trinajstić information content (AvgIpc) is 1.95. The van der Waals surface area contributed by atoms with Crippen molar-refractivity contribution in [3.8, 4) is 0 Å². The summed E-state index contributed by atoms with van der Waals surface area (Å²) in [5.41, 5.74) is 1.40. The number of hydrogen-bond acceptors (Lipinski definition) is 2. The first-order valence-corrected chi connectivity index (χ1v) is 5.51. The van der Waals surface area contributed by atoms with Gasteiger partial charge >= 0.3 is 0 Å². The summed E-state index contributed by atoms with van der Waals surface area (Å²) < 4.78 is 0.454. The Hall–Kier alpha value is 0.0500. The van der Waals surface area contributed by atoms with Crippen LogP contribution < -0.4 is 5.32 Å². The highest BCUT2D eigenvalue weighted by atomic mass is 32.2. The van der Waals surface area contributed by atoms with E-state index in [0.717, 1.165) is 6.54 Å². The van der Waals surface area contributed by atoms with E-state index in [1.165, 1.54) is 11.3 Å². The van der Waals surface area contributed by atoms with E-state index in [0.29, 0.717) is 10.8 Å². The van der Waals surface area contributed by atoms with E-state index in [4.69, 9.17) is 0 Å². The van der Waals surface area contributed by atoms with Crippen molar-refractivity contribution in [2.75, 3.05) is 12.3 Å². The minimum atomic E-state index is 0.454. The molecule has 12 heavy (non-hydrogen) atoms. The standard InChI is InChI=1S/C10H19NS/c1-8(2)5-6-11-9-7-12-10(9,3)4/h5,9,11H,6-7H2,1-4H3. The van der Waals surface area contributed by atoms with Gasteiger partial charge in [0.1, 0.15) is 0 Å². The Kier molecular flexibility index (Phi) is 3.24. The smallest absolute Gasteiger partial charge is 0.0303 e. The molecule has 1 N–H and O–H groups in total. The van der Waals surface area contributed by atoms with Crippen molar-refractivity contribution in [2.45, 2.75) is 38.5 Å². The third-order valence-corrected chi connectivity index (χ3v) is 3.86. The molecular weight excluding hydrogens is 166 g/mol. The molecule has 1 atom stereocenters. The van der Waals surface area contributed by atoms with Gasteiger partial charge in [-0.1, -0.05) is 11.6 Å². The van der Waals surface area contributed by atoms with E-state index in [1.807, 2.05) is 11.8 Å². The van der Waals surface area contributed by atoms with Crippen molar-refractivity contribution < 1.29 is 0 Å². The monoisotopic (exact) mass is 185 g/mol. The van der Waals surface area contributed by atoms with E-state index in [-0.39, 0.29) is 0 Å². The van der Waals surface area contributed by atoms with Crippen LogP contribution in [0.1, 0.15) is 27.7 Å². The first-order chi connectivity index (χ1) is 5.52. The highest BCUT2D eigenvalue weighted by molar-refractivity contribution is 8.02. The first kappa shape index (κ1) is 10.1. The van der Waals surface area contributed by atoms with Crippen molar-refractivity contribution in [1.82, 2.24) is 5.32 Å². The van der Waals surface area contributed by atoms with Crippen LogP contribution in [0.25, 0.3) is 0 Å². The molecule has 0 spiro atoms. The molecule has 1 aliphatic heterocycles. The molecule has 0 bridgehead atoms. The summed E-state index contributed by atoms with van der Waals surface area (Å²) in [5.74, 6) is 1.27. The molecule has 1 fully saturated rings. The molecule has 0 amide bonds. The summed E-state index contributed by atoms with van der Waals surface area (Å²) in [6, 6.07) is 0.707. The molecular formula is C10H19NS. The number of allylic oxidation sites excluding steroid dienone is 1. The van der Waals surface area contributed by atoms with E-state index < -0.39 is 0 Å². The van der Waals surface area contributed by atoms with Gasteiger partial charge in [0.05, 0.1) is 0 Å². The number of thioether (sulfide) groups is 1. The second-order valence-corrected chi connectivity index (χ2v) is 5.83. The molecule has 1 heterocycles. The van der Waals surface area contributed by atoms with E-state index in [1.54, 1.807) is 0 Å². The van der Waals surface area contributed by atoms with Crippen LogP contribution in [-0.4, -0.2) is 23.1 Å². The van der Waals surface area contributed by atoms with E-state index >= 15 is 0 Å². The Labute approximate surface area is 80.0 Å². The lowest BCUT2D eigenvalue weighted by molar-refractivity contribution is 0.455. The molecule has 0 aromatic heterocycles. The zero-order chi connectivity index (χ0) is 9.19. The predicted octanol–water partition coefficient (Wildman–Crippen LogP) is 2.44.